The maximum atomic E-state index is 13.3. The summed E-state index contributed by atoms with van der Waals surface area (Å²) in [5.41, 5.74) is 0.815. The first kappa shape index (κ1) is 21.8. The molecule has 1 unspecified atom stereocenters. The van der Waals surface area contributed by atoms with Gasteiger partial charge in [-0.1, -0.05) is 24.1 Å². The topological polar surface area (TPSA) is 123 Å². The molecule has 0 spiro atoms. The van der Waals surface area contributed by atoms with Gasteiger partial charge in [0, 0.05) is 30.3 Å². The average Bonchev–Trinajstić information content (AvgIpc) is 2.79. The molecule has 4 rings (SSSR count). The summed E-state index contributed by atoms with van der Waals surface area (Å²) in [6.45, 7) is 2.14. The number of rotatable bonds is 5. The van der Waals surface area contributed by atoms with Crippen molar-refractivity contribution in [2.45, 2.75) is 37.1 Å². The first-order chi connectivity index (χ1) is 15.3. The molecule has 32 heavy (non-hydrogen) atoms. The minimum atomic E-state index is -4.01. The Morgan fingerprint density at radius 1 is 1.16 bits per heavy atom. The number of aryl methyl sites for hydroxylation is 1. The lowest BCUT2D eigenvalue weighted by Crippen LogP contribution is -2.49. The van der Waals surface area contributed by atoms with E-state index < -0.39 is 26.9 Å². The van der Waals surface area contributed by atoms with Gasteiger partial charge in [-0.25, -0.2) is 13.4 Å². The van der Waals surface area contributed by atoms with Crippen LogP contribution in [0.25, 0.3) is 10.8 Å². The van der Waals surface area contributed by atoms with Gasteiger partial charge in [0.1, 0.15) is 11.9 Å². The predicted octanol–water partition coefficient (Wildman–Crippen LogP) is 3.63. The SMILES string of the molecule is Cc1ccc2ccnc(NC(=O)C3CCCCN3S(=O)(=O)c3ccc([N+](=O)[O-])cc3)c2c1. The second kappa shape index (κ2) is 8.64. The Bertz CT molecular complexity index is 1290. The molecule has 1 aliphatic heterocycles. The zero-order valence-electron chi connectivity index (χ0n) is 17.4. The Hall–Kier alpha value is -3.37. The van der Waals surface area contributed by atoms with Crippen LogP contribution < -0.4 is 5.32 Å². The fraction of sp³-hybridized carbons (Fsp3) is 0.273. The van der Waals surface area contributed by atoms with E-state index in [-0.39, 0.29) is 17.1 Å². The third-order valence-corrected chi connectivity index (χ3v) is 7.50. The first-order valence-electron chi connectivity index (χ1n) is 10.2. The number of carbonyl (C=O) groups is 1. The Morgan fingerprint density at radius 2 is 1.91 bits per heavy atom. The van der Waals surface area contributed by atoms with Crippen LogP contribution in [-0.4, -0.2) is 41.1 Å². The van der Waals surface area contributed by atoms with E-state index in [2.05, 4.69) is 10.3 Å². The number of fused-ring (bicyclic) bond motifs is 1. The van der Waals surface area contributed by atoms with Gasteiger partial charge in [0.2, 0.25) is 15.9 Å². The van der Waals surface area contributed by atoms with E-state index in [0.29, 0.717) is 25.1 Å². The molecule has 1 amide bonds. The van der Waals surface area contributed by atoms with Crippen LogP contribution >= 0.6 is 0 Å². The van der Waals surface area contributed by atoms with E-state index in [1.165, 1.54) is 16.4 Å². The molecular weight excluding hydrogens is 432 g/mol. The number of piperidine rings is 1. The van der Waals surface area contributed by atoms with E-state index in [4.69, 9.17) is 0 Å². The normalized spacial score (nSPS) is 17.2. The summed E-state index contributed by atoms with van der Waals surface area (Å²) in [5.74, 6) is -0.0637. The highest BCUT2D eigenvalue weighted by molar-refractivity contribution is 7.89. The molecule has 1 aliphatic rings. The molecule has 3 aromatic rings. The number of hydrogen-bond acceptors (Lipinski definition) is 6. The number of nitrogens with zero attached hydrogens (tertiary/aromatic N) is 3. The predicted molar refractivity (Wildman–Crippen MR) is 120 cm³/mol. The summed E-state index contributed by atoms with van der Waals surface area (Å²) >= 11 is 0. The van der Waals surface area contributed by atoms with Gasteiger partial charge in [-0.2, -0.15) is 4.31 Å². The number of hydrogen-bond donors (Lipinski definition) is 1. The van der Waals surface area contributed by atoms with Gasteiger partial charge in [-0.3, -0.25) is 14.9 Å². The van der Waals surface area contributed by atoms with Crippen molar-refractivity contribution in [3.05, 3.63) is 70.4 Å². The van der Waals surface area contributed by atoms with Crippen molar-refractivity contribution in [2.24, 2.45) is 0 Å². The first-order valence-corrected chi connectivity index (χ1v) is 11.6. The number of anilines is 1. The summed E-state index contributed by atoms with van der Waals surface area (Å²) in [5, 5.41) is 15.4. The summed E-state index contributed by atoms with van der Waals surface area (Å²) in [7, 11) is -4.01. The maximum Gasteiger partial charge on any atom is 0.269 e. The quantitative estimate of drug-likeness (QED) is 0.464. The van der Waals surface area contributed by atoms with Crippen LogP contribution in [0.1, 0.15) is 24.8 Å². The number of nitro benzene ring substituents is 1. The van der Waals surface area contributed by atoms with Gasteiger partial charge >= 0.3 is 0 Å². The van der Waals surface area contributed by atoms with Crippen LogP contribution in [0.4, 0.5) is 11.5 Å². The lowest BCUT2D eigenvalue weighted by molar-refractivity contribution is -0.384. The minimum Gasteiger partial charge on any atom is -0.309 e. The maximum absolute atomic E-state index is 13.3. The molecule has 0 aliphatic carbocycles. The van der Waals surface area contributed by atoms with Crippen LogP contribution in [0.5, 0.6) is 0 Å². The zero-order valence-corrected chi connectivity index (χ0v) is 18.2. The number of aromatic nitrogens is 1. The Labute approximate surface area is 185 Å². The fourth-order valence-electron chi connectivity index (χ4n) is 3.91. The molecule has 1 fully saturated rings. The second-order valence-corrected chi connectivity index (χ2v) is 9.64. The third kappa shape index (κ3) is 4.19. The van der Waals surface area contributed by atoms with Gasteiger partial charge in [0.15, 0.2) is 0 Å². The number of nitrogens with one attached hydrogen (secondary N) is 1. The molecule has 1 saturated heterocycles. The standard InChI is InChI=1S/C22H22N4O5S/c1-15-5-6-16-11-12-23-21(19(16)14-15)24-22(27)20-4-2-3-13-25(20)32(30,31)18-9-7-17(8-10-18)26(28)29/h5-12,14,20H,2-4,13H2,1H3,(H,23,24,27). The summed E-state index contributed by atoms with van der Waals surface area (Å²) in [4.78, 5) is 27.7. The number of sulfonamides is 1. The zero-order chi connectivity index (χ0) is 22.9. The Kier molecular flexibility index (Phi) is 5.90. The van der Waals surface area contributed by atoms with E-state index in [1.807, 2.05) is 31.2 Å². The molecule has 0 saturated carbocycles. The van der Waals surface area contributed by atoms with Crippen LogP contribution in [0, 0.1) is 17.0 Å². The van der Waals surface area contributed by atoms with E-state index >= 15 is 0 Å². The average molecular weight is 455 g/mol. The highest BCUT2D eigenvalue weighted by Gasteiger charge is 2.38. The number of benzene rings is 2. The number of nitro groups is 1. The number of non-ortho nitro benzene ring substituents is 1. The van der Waals surface area contributed by atoms with Crippen molar-refractivity contribution in [1.82, 2.24) is 9.29 Å². The molecule has 10 heteroatoms. The van der Waals surface area contributed by atoms with Crippen molar-refractivity contribution in [1.29, 1.82) is 0 Å². The minimum absolute atomic E-state index is 0.0817. The Balaban J connectivity index is 1.63. The highest BCUT2D eigenvalue weighted by Crippen LogP contribution is 2.28. The molecule has 1 N–H and O–H groups in total. The smallest absolute Gasteiger partial charge is 0.269 e. The molecule has 1 aromatic heterocycles. The molecule has 9 nitrogen and oxygen atoms in total. The van der Waals surface area contributed by atoms with E-state index in [0.717, 1.165) is 28.5 Å². The van der Waals surface area contributed by atoms with Crippen LogP contribution in [-0.2, 0) is 14.8 Å². The lowest BCUT2D eigenvalue weighted by Gasteiger charge is -2.33. The molecule has 166 valence electrons. The molecule has 2 heterocycles. The second-order valence-electron chi connectivity index (χ2n) is 7.75. The number of pyridine rings is 1. The number of amides is 1. The van der Waals surface area contributed by atoms with E-state index in [1.54, 1.807) is 6.20 Å². The monoisotopic (exact) mass is 454 g/mol. The summed E-state index contributed by atoms with van der Waals surface area (Å²) in [6.07, 6.45) is 3.32. The fourth-order valence-corrected chi connectivity index (χ4v) is 5.57. The van der Waals surface area contributed by atoms with Crippen molar-refractivity contribution < 1.29 is 18.1 Å². The largest absolute Gasteiger partial charge is 0.309 e. The third-order valence-electron chi connectivity index (χ3n) is 5.57. The molecule has 0 radical (unpaired) electrons. The summed E-state index contributed by atoms with van der Waals surface area (Å²) in [6, 6.07) is 11.5. The van der Waals surface area contributed by atoms with Gasteiger partial charge in [0.25, 0.3) is 5.69 Å². The Morgan fingerprint density at radius 3 is 2.62 bits per heavy atom. The van der Waals surface area contributed by atoms with Gasteiger partial charge in [0.05, 0.1) is 9.82 Å². The molecular formula is C22H22N4O5S. The van der Waals surface area contributed by atoms with Gasteiger partial charge < -0.3 is 5.32 Å². The molecule has 2 aromatic carbocycles. The van der Waals surface area contributed by atoms with Crippen LogP contribution in [0.2, 0.25) is 0 Å². The van der Waals surface area contributed by atoms with Crippen LogP contribution in [0.3, 0.4) is 0 Å². The highest BCUT2D eigenvalue weighted by atomic mass is 32.2. The van der Waals surface area contributed by atoms with Crippen LogP contribution in [0.15, 0.2) is 59.6 Å². The lowest BCUT2D eigenvalue weighted by atomic mass is 10.0. The molecule has 1 atom stereocenters. The van der Waals surface area contributed by atoms with Crippen molar-refractivity contribution >= 4 is 38.2 Å². The van der Waals surface area contributed by atoms with Crippen molar-refractivity contribution in [3.63, 3.8) is 0 Å². The van der Waals surface area contributed by atoms with E-state index in [9.17, 15) is 23.3 Å². The van der Waals surface area contributed by atoms with Gasteiger partial charge in [-0.05, 0) is 49.4 Å². The molecule has 0 bridgehead atoms. The van der Waals surface area contributed by atoms with Gasteiger partial charge in [-0.15, -0.1) is 0 Å². The summed E-state index contributed by atoms with van der Waals surface area (Å²) < 4.78 is 27.7. The number of carbonyl (C=O) groups excluding carboxylic acids is 1. The van der Waals surface area contributed by atoms with Crippen molar-refractivity contribution in [3.8, 4) is 0 Å². The van der Waals surface area contributed by atoms with Crippen molar-refractivity contribution in [2.75, 3.05) is 11.9 Å².